The molecule has 1 N–H and O–H groups in total. The molecule has 1 aromatic rings. The van der Waals surface area contributed by atoms with E-state index in [0.29, 0.717) is 12.5 Å². The maximum atomic E-state index is 10.6. The average molecular weight is 393 g/mol. The molecule has 106 valence electrons. The van der Waals surface area contributed by atoms with E-state index in [1.807, 2.05) is 6.07 Å². The zero-order valence-electron chi connectivity index (χ0n) is 11.2. The SMILES string of the molecule is CC(C)N(CCCC(=O)O)Cc1ccc(Br)c(Br)c1. The first-order chi connectivity index (χ1) is 8.90. The molecule has 0 fully saturated rings. The fourth-order valence-electron chi connectivity index (χ4n) is 1.83. The molecule has 0 bridgehead atoms. The van der Waals surface area contributed by atoms with Gasteiger partial charge >= 0.3 is 5.97 Å². The molecule has 19 heavy (non-hydrogen) atoms. The van der Waals surface area contributed by atoms with E-state index in [-0.39, 0.29) is 6.42 Å². The van der Waals surface area contributed by atoms with Gasteiger partial charge < -0.3 is 5.11 Å². The number of benzene rings is 1. The van der Waals surface area contributed by atoms with Crippen molar-refractivity contribution in [1.82, 2.24) is 4.90 Å². The van der Waals surface area contributed by atoms with Gasteiger partial charge in [-0.2, -0.15) is 0 Å². The van der Waals surface area contributed by atoms with Gasteiger partial charge in [0.25, 0.3) is 0 Å². The van der Waals surface area contributed by atoms with Gasteiger partial charge in [-0.3, -0.25) is 9.69 Å². The van der Waals surface area contributed by atoms with Gasteiger partial charge in [-0.1, -0.05) is 6.07 Å². The first kappa shape index (κ1) is 16.7. The molecule has 0 saturated carbocycles. The molecule has 0 saturated heterocycles. The zero-order chi connectivity index (χ0) is 14.4. The quantitative estimate of drug-likeness (QED) is 0.752. The molecule has 0 aliphatic heterocycles. The second-order valence-electron chi connectivity index (χ2n) is 4.81. The number of carbonyl (C=O) groups is 1. The number of carboxylic acid groups (broad SMARTS) is 1. The van der Waals surface area contributed by atoms with E-state index in [0.717, 1.165) is 22.0 Å². The van der Waals surface area contributed by atoms with Crippen LogP contribution in [0.15, 0.2) is 27.1 Å². The van der Waals surface area contributed by atoms with E-state index in [1.165, 1.54) is 5.56 Å². The van der Waals surface area contributed by atoms with E-state index in [9.17, 15) is 4.79 Å². The number of hydrogen-bond donors (Lipinski definition) is 1. The Hall–Kier alpha value is -0.390. The van der Waals surface area contributed by atoms with Crippen molar-refractivity contribution in [3.05, 3.63) is 32.7 Å². The fraction of sp³-hybridized carbons (Fsp3) is 0.500. The van der Waals surface area contributed by atoms with Crippen LogP contribution in [0.2, 0.25) is 0 Å². The number of halogens is 2. The minimum absolute atomic E-state index is 0.229. The lowest BCUT2D eigenvalue weighted by Gasteiger charge is -2.26. The topological polar surface area (TPSA) is 40.5 Å². The number of aliphatic carboxylic acids is 1. The Labute approximate surface area is 131 Å². The van der Waals surface area contributed by atoms with E-state index in [4.69, 9.17) is 5.11 Å². The molecule has 0 atom stereocenters. The van der Waals surface area contributed by atoms with Crippen LogP contribution in [0.4, 0.5) is 0 Å². The van der Waals surface area contributed by atoms with Crippen LogP contribution >= 0.6 is 31.9 Å². The second-order valence-corrected chi connectivity index (χ2v) is 6.52. The highest BCUT2D eigenvalue weighted by Crippen LogP contribution is 2.24. The van der Waals surface area contributed by atoms with E-state index >= 15 is 0 Å². The largest absolute Gasteiger partial charge is 0.481 e. The Kier molecular flexibility index (Phi) is 7.04. The summed E-state index contributed by atoms with van der Waals surface area (Å²) in [6, 6.07) is 6.60. The highest BCUT2D eigenvalue weighted by Gasteiger charge is 2.11. The van der Waals surface area contributed by atoms with Crippen LogP contribution in [0.25, 0.3) is 0 Å². The van der Waals surface area contributed by atoms with Crippen LogP contribution in [0.5, 0.6) is 0 Å². The van der Waals surface area contributed by atoms with Crippen molar-refractivity contribution in [2.24, 2.45) is 0 Å². The van der Waals surface area contributed by atoms with Crippen LogP contribution in [0, 0.1) is 0 Å². The predicted octanol–water partition coefficient (Wildman–Crippen LogP) is 4.29. The Bertz CT molecular complexity index is 435. The second kappa shape index (κ2) is 8.02. The van der Waals surface area contributed by atoms with Crippen molar-refractivity contribution in [3.63, 3.8) is 0 Å². The monoisotopic (exact) mass is 391 g/mol. The van der Waals surface area contributed by atoms with E-state index < -0.39 is 5.97 Å². The van der Waals surface area contributed by atoms with Gasteiger partial charge in [0.15, 0.2) is 0 Å². The van der Waals surface area contributed by atoms with Crippen molar-refractivity contribution in [2.75, 3.05) is 6.54 Å². The van der Waals surface area contributed by atoms with Crippen LogP contribution in [-0.2, 0) is 11.3 Å². The van der Waals surface area contributed by atoms with Gasteiger partial charge in [0.2, 0.25) is 0 Å². The smallest absolute Gasteiger partial charge is 0.303 e. The van der Waals surface area contributed by atoms with E-state index in [1.54, 1.807) is 0 Å². The summed E-state index contributed by atoms with van der Waals surface area (Å²) in [7, 11) is 0. The molecule has 3 nitrogen and oxygen atoms in total. The first-order valence-corrected chi connectivity index (χ1v) is 7.88. The highest BCUT2D eigenvalue weighted by atomic mass is 79.9. The van der Waals surface area contributed by atoms with Crippen LogP contribution < -0.4 is 0 Å². The summed E-state index contributed by atoms with van der Waals surface area (Å²) in [4.78, 5) is 12.9. The normalized spacial score (nSPS) is 11.3. The molecule has 0 aliphatic rings. The number of carboxylic acids is 1. The van der Waals surface area contributed by atoms with Gasteiger partial charge in [0.05, 0.1) is 0 Å². The lowest BCUT2D eigenvalue weighted by atomic mass is 10.1. The van der Waals surface area contributed by atoms with Gasteiger partial charge in [-0.05, 0) is 76.4 Å². The van der Waals surface area contributed by atoms with Crippen molar-refractivity contribution in [3.8, 4) is 0 Å². The Morgan fingerprint density at radius 3 is 2.53 bits per heavy atom. The number of hydrogen-bond acceptors (Lipinski definition) is 2. The Morgan fingerprint density at radius 2 is 2.00 bits per heavy atom. The zero-order valence-corrected chi connectivity index (χ0v) is 14.4. The first-order valence-electron chi connectivity index (χ1n) is 6.30. The summed E-state index contributed by atoms with van der Waals surface area (Å²) in [5.74, 6) is -0.727. The molecular formula is C14H19Br2NO2. The highest BCUT2D eigenvalue weighted by molar-refractivity contribution is 9.13. The Balaban J connectivity index is 2.62. The maximum absolute atomic E-state index is 10.6. The summed E-state index contributed by atoms with van der Waals surface area (Å²) in [6.07, 6.45) is 0.915. The number of nitrogens with zero attached hydrogens (tertiary/aromatic N) is 1. The summed E-state index contributed by atoms with van der Waals surface area (Å²) >= 11 is 6.96. The van der Waals surface area contributed by atoms with Crippen molar-refractivity contribution >= 4 is 37.8 Å². The third kappa shape index (κ3) is 6.06. The van der Waals surface area contributed by atoms with Crippen LogP contribution in [0.3, 0.4) is 0 Å². The molecule has 0 aromatic heterocycles. The molecule has 0 spiro atoms. The summed E-state index contributed by atoms with van der Waals surface area (Å²) in [6.45, 7) is 5.91. The minimum Gasteiger partial charge on any atom is -0.481 e. The summed E-state index contributed by atoms with van der Waals surface area (Å²) in [5, 5.41) is 8.69. The van der Waals surface area contributed by atoms with Gasteiger partial charge in [0, 0.05) is 28.0 Å². The standard InChI is InChI=1S/C14H19Br2NO2/c1-10(2)17(7-3-4-14(18)19)9-11-5-6-12(15)13(16)8-11/h5-6,8,10H,3-4,7,9H2,1-2H3,(H,18,19). The summed E-state index contributed by atoms with van der Waals surface area (Å²) < 4.78 is 2.08. The van der Waals surface area contributed by atoms with Crippen molar-refractivity contribution in [2.45, 2.75) is 39.3 Å². The number of rotatable bonds is 7. The van der Waals surface area contributed by atoms with E-state index in [2.05, 4.69) is 62.7 Å². The minimum atomic E-state index is -0.727. The molecule has 0 radical (unpaired) electrons. The van der Waals surface area contributed by atoms with Crippen LogP contribution in [0.1, 0.15) is 32.3 Å². The van der Waals surface area contributed by atoms with Crippen molar-refractivity contribution < 1.29 is 9.90 Å². The lowest BCUT2D eigenvalue weighted by molar-refractivity contribution is -0.137. The molecule has 0 heterocycles. The summed E-state index contributed by atoms with van der Waals surface area (Å²) in [5.41, 5.74) is 1.22. The molecule has 0 amide bonds. The van der Waals surface area contributed by atoms with Gasteiger partial charge in [0.1, 0.15) is 0 Å². The lowest BCUT2D eigenvalue weighted by Crippen LogP contribution is -2.31. The molecule has 5 heteroatoms. The molecule has 0 unspecified atom stereocenters. The van der Waals surface area contributed by atoms with Crippen molar-refractivity contribution in [1.29, 1.82) is 0 Å². The maximum Gasteiger partial charge on any atom is 0.303 e. The van der Waals surface area contributed by atoms with Gasteiger partial charge in [-0.15, -0.1) is 0 Å². The third-order valence-electron chi connectivity index (χ3n) is 2.94. The Morgan fingerprint density at radius 1 is 1.32 bits per heavy atom. The van der Waals surface area contributed by atoms with Gasteiger partial charge in [-0.25, -0.2) is 0 Å². The van der Waals surface area contributed by atoms with Crippen LogP contribution in [-0.4, -0.2) is 28.6 Å². The average Bonchev–Trinajstić information content (AvgIpc) is 2.32. The molecule has 1 rings (SSSR count). The third-order valence-corrected chi connectivity index (χ3v) is 4.82. The molecule has 0 aliphatic carbocycles. The fourth-order valence-corrected chi connectivity index (χ4v) is 2.50. The molecular weight excluding hydrogens is 374 g/mol. The molecule has 1 aromatic carbocycles. The predicted molar refractivity (Wildman–Crippen MR) is 84.3 cm³/mol.